The summed E-state index contributed by atoms with van der Waals surface area (Å²) >= 11 is 0. The Morgan fingerprint density at radius 1 is 1.21 bits per heavy atom. The number of piperidine rings is 1. The third kappa shape index (κ3) is 3.30. The van der Waals surface area contributed by atoms with Crippen molar-refractivity contribution in [1.29, 1.82) is 5.26 Å². The molecule has 19 heavy (non-hydrogen) atoms. The highest BCUT2D eigenvalue weighted by atomic mass is 15.2. The Morgan fingerprint density at radius 3 is 2.21 bits per heavy atom. The molecule has 1 aliphatic heterocycles. The molecule has 0 bridgehead atoms. The fourth-order valence-corrected chi connectivity index (χ4v) is 3.62. The molecule has 108 valence electrons. The molecule has 0 aromatic rings. The van der Waals surface area contributed by atoms with Crippen LogP contribution in [0, 0.1) is 17.2 Å². The van der Waals surface area contributed by atoms with Gasteiger partial charge in [-0.25, -0.2) is 0 Å². The van der Waals surface area contributed by atoms with Gasteiger partial charge in [0.1, 0.15) is 5.54 Å². The number of nitrogens with one attached hydrogen (secondary N) is 1. The second-order valence-electron chi connectivity index (χ2n) is 6.96. The van der Waals surface area contributed by atoms with E-state index in [4.69, 9.17) is 0 Å². The van der Waals surface area contributed by atoms with Crippen molar-refractivity contribution >= 4 is 0 Å². The molecule has 0 amide bonds. The van der Waals surface area contributed by atoms with Crippen molar-refractivity contribution in [3.8, 4) is 6.07 Å². The van der Waals surface area contributed by atoms with Crippen molar-refractivity contribution in [2.45, 2.75) is 83.5 Å². The van der Waals surface area contributed by atoms with Crippen LogP contribution in [-0.4, -0.2) is 35.1 Å². The van der Waals surface area contributed by atoms with Gasteiger partial charge in [-0.05, 0) is 59.3 Å². The molecule has 3 nitrogen and oxygen atoms in total. The lowest BCUT2D eigenvalue weighted by atomic mass is 9.89. The van der Waals surface area contributed by atoms with E-state index in [-0.39, 0.29) is 5.54 Å². The third-order valence-electron chi connectivity index (χ3n) is 4.83. The van der Waals surface area contributed by atoms with Gasteiger partial charge in [-0.3, -0.25) is 10.2 Å². The molecular formula is C16H29N3. The molecule has 1 aliphatic carbocycles. The average Bonchev–Trinajstić information content (AvgIpc) is 3.16. The first-order valence-corrected chi connectivity index (χ1v) is 7.93. The van der Waals surface area contributed by atoms with Crippen molar-refractivity contribution in [2.75, 3.05) is 6.54 Å². The monoisotopic (exact) mass is 263 g/mol. The molecule has 2 aliphatic rings. The number of hydrogen-bond donors (Lipinski definition) is 1. The largest absolute Gasteiger partial charge is 0.296 e. The topological polar surface area (TPSA) is 39.1 Å². The van der Waals surface area contributed by atoms with Crippen LogP contribution >= 0.6 is 0 Å². The molecule has 3 heteroatoms. The lowest BCUT2D eigenvalue weighted by Gasteiger charge is -2.44. The molecule has 1 saturated carbocycles. The van der Waals surface area contributed by atoms with Crippen LogP contribution < -0.4 is 5.32 Å². The first-order chi connectivity index (χ1) is 8.98. The first-order valence-electron chi connectivity index (χ1n) is 7.93. The molecule has 3 unspecified atom stereocenters. The fraction of sp³-hybridized carbons (Fsp3) is 0.938. The summed E-state index contributed by atoms with van der Waals surface area (Å²) in [5.74, 6) is 0.557. The number of hydrogen-bond acceptors (Lipinski definition) is 3. The van der Waals surface area contributed by atoms with E-state index in [2.05, 4.69) is 44.0 Å². The molecule has 1 heterocycles. The summed E-state index contributed by atoms with van der Waals surface area (Å²) in [6.07, 6.45) is 6.31. The zero-order valence-corrected chi connectivity index (χ0v) is 12.9. The zero-order valence-electron chi connectivity index (χ0n) is 12.9. The van der Waals surface area contributed by atoms with Crippen molar-refractivity contribution in [1.82, 2.24) is 10.2 Å². The van der Waals surface area contributed by atoms with E-state index in [0.717, 1.165) is 6.54 Å². The quantitative estimate of drug-likeness (QED) is 0.829. The molecule has 0 spiro atoms. The maximum atomic E-state index is 9.80. The molecular weight excluding hydrogens is 234 g/mol. The summed E-state index contributed by atoms with van der Waals surface area (Å²) in [5, 5.41) is 13.4. The molecule has 2 rings (SSSR count). The third-order valence-corrected chi connectivity index (χ3v) is 4.83. The van der Waals surface area contributed by atoms with Crippen LogP contribution in [0.2, 0.25) is 0 Å². The predicted molar refractivity (Wildman–Crippen MR) is 78.8 cm³/mol. The standard InChI is InChI=1S/C16H29N3/c1-12(2)18-16(10-17,15-8-9-15)11-19-13(3)6-5-7-14(19)4/h12-15,18H,5-9,11H2,1-4H3. The van der Waals surface area contributed by atoms with E-state index in [9.17, 15) is 5.26 Å². The van der Waals surface area contributed by atoms with E-state index >= 15 is 0 Å². The number of nitriles is 1. The zero-order chi connectivity index (χ0) is 14.0. The van der Waals surface area contributed by atoms with E-state index in [1.165, 1.54) is 32.1 Å². The number of nitrogens with zero attached hydrogens (tertiary/aromatic N) is 2. The first kappa shape index (κ1) is 14.8. The van der Waals surface area contributed by atoms with Gasteiger partial charge in [0.15, 0.2) is 0 Å². The van der Waals surface area contributed by atoms with Crippen LogP contribution in [0.3, 0.4) is 0 Å². The van der Waals surface area contributed by atoms with E-state index in [0.29, 0.717) is 24.0 Å². The van der Waals surface area contributed by atoms with Crippen molar-refractivity contribution in [3.63, 3.8) is 0 Å². The number of likely N-dealkylation sites (tertiary alicyclic amines) is 1. The Balaban J connectivity index is 2.12. The van der Waals surface area contributed by atoms with Crippen LogP contribution in [0.5, 0.6) is 0 Å². The number of rotatable bonds is 5. The Hall–Kier alpha value is -0.590. The summed E-state index contributed by atoms with van der Waals surface area (Å²) in [4.78, 5) is 2.57. The second-order valence-corrected chi connectivity index (χ2v) is 6.96. The minimum Gasteiger partial charge on any atom is -0.296 e. The molecule has 2 fully saturated rings. The van der Waals surface area contributed by atoms with Crippen LogP contribution in [0.15, 0.2) is 0 Å². The van der Waals surface area contributed by atoms with E-state index in [1.807, 2.05) is 0 Å². The van der Waals surface area contributed by atoms with Crippen molar-refractivity contribution in [3.05, 3.63) is 0 Å². The van der Waals surface area contributed by atoms with Gasteiger partial charge >= 0.3 is 0 Å². The van der Waals surface area contributed by atoms with Gasteiger partial charge in [-0.15, -0.1) is 0 Å². The molecule has 1 saturated heterocycles. The highest BCUT2D eigenvalue weighted by Crippen LogP contribution is 2.41. The minimum atomic E-state index is -0.325. The van der Waals surface area contributed by atoms with Crippen molar-refractivity contribution in [2.24, 2.45) is 5.92 Å². The highest BCUT2D eigenvalue weighted by molar-refractivity contribution is 5.17. The Morgan fingerprint density at radius 2 is 1.79 bits per heavy atom. The summed E-state index contributed by atoms with van der Waals surface area (Å²) in [5.41, 5.74) is -0.325. The summed E-state index contributed by atoms with van der Waals surface area (Å²) in [6, 6.07) is 4.25. The second kappa shape index (κ2) is 5.81. The van der Waals surface area contributed by atoms with Crippen LogP contribution in [0.1, 0.15) is 59.8 Å². The van der Waals surface area contributed by atoms with Crippen LogP contribution in [0.4, 0.5) is 0 Å². The van der Waals surface area contributed by atoms with Gasteiger partial charge in [0.2, 0.25) is 0 Å². The van der Waals surface area contributed by atoms with Gasteiger partial charge in [0.25, 0.3) is 0 Å². The maximum absolute atomic E-state index is 9.80. The van der Waals surface area contributed by atoms with Gasteiger partial charge in [-0.2, -0.15) is 5.26 Å². The average molecular weight is 263 g/mol. The van der Waals surface area contributed by atoms with Gasteiger partial charge < -0.3 is 0 Å². The van der Waals surface area contributed by atoms with Gasteiger partial charge in [0.05, 0.1) is 6.07 Å². The maximum Gasteiger partial charge on any atom is 0.122 e. The Kier molecular flexibility index (Phi) is 4.53. The molecule has 0 aromatic carbocycles. The molecule has 0 radical (unpaired) electrons. The summed E-state index contributed by atoms with van der Waals surface area (Å²) < 4.78 is 0. The summed E-state index contributed by atoms with van der Waals surface area (Å²) in [7, 11) is 0. The van der Waals surface area contributed by atoms with Crippen molar-refractivity contribution < 1.29 is 0 Å². The SMILES string of the molecule is CC(C)NC(C#N)(CN1C(C)CCCC1C)C1CC1. The van der Waals surface area contributed by atoms with E-state index < -0.39 is 0 Å². The minimum absolute atomic E-state index is 0.325. The molecule has 1 N–H and O–H groups in total. The van der Waals surface area contributed by atoms with Crippen LogP contribution in [-0.2, 0) is 0 Å². The normalized spacial score (nSPS) is 32.0. The molecule has 3 atom stereocenters. The van der Waals surface area contributed by atoms with E-state index in [1.54, 1.807) is 0 Å². The van der Waals surface area contributed by atoms with Crippen LogP contribution in [0.25, 0.3) is 0 Å². The van der Waals surface area contributed by atoms with Gasteiger partial charge in [0, 0.05) is 24.7 Å². The lowest BCUT2D eigenvalue weighted by Crippen LogP contribution is -2.60. The van der Waals surface area contributed by atoms with Gasteiger partial charge in [-0.1, -0.05) is 6.42 Å². The Bertz CT molecular complexity index is 332. The lowest BCUT2D eigenvalue weighted by molar-refractivity contribution is 0.0703. The fourth-order valence-electron chi connectivity index (χ4n) is 3.62. The summed E-state index contributed by atoms with van der Waals surface area (Å²) in [6.45, 7) is 9.84. The highest BCUT2D eigenvalue weighted by Gasteiger charge is 2.48. The Labute approximate surface area is 118 Å². The molecule has 0 aromatic heterocycles. The predicted octanol–water partition coefficient (Wildman–Crippen LogP) is 2.92. The smallest absolute Gasteiger partial charge is 0.122 e.